The van der Waals surface area contributed by atoms with Crippen molar-refractivity contribution in [3.8, 4) is 11.1 Å². The first-order chi connectivity index (χ1) is 8.61. The molecule has 0 heterocycles. The maximum absolute atomic E-state index is 13.6. The largest absolute Gasteiger partial charge is 0.294 e. The monoisotopic (exact) mass is 246 g/mol. The zero-order chi connectivity index (χ0) is 13.1. The Kier molecular flexibility index (Phi) is 3.51. The van der Waals surface area contributed by atoms with Gasteiger partial charge >= 0.3 is 0 Å². The van der Waals surface area contributed by atoms with E-state index >= 15 is 0 Å². The highest BCUT2D eigenvalue weighted by atomic mass is 19.1. The van der Waals surface area contributed by atoms with Crippen LogP contribution in [0.15, 0.2) is 42.5 Å². The minimum absolute atomic E-state index is 0.0427. The molecule has 0 bridgehead atoms. The minimum atomic E-state index is -0.607. The molecule has 0 unspecified atom stereocenters. The highest BCUT2D eigenvalue weighted by Crippen LogP contribution is 2.24. The number of hydrogen-bond acceptors (Lipinski definition) is 1. The molecular weight excluding hydrogens is 234 g/mol. The molecule has 0 atom stereocenters. The quantitative estimate of drug-likeness (QED) is 0.741. The van der Waals surface area contributed by atoms with Crippen molar-refractivity contribution in [3.63, 3.8) is 0 Å². The van der Waals surface area contributed by atoms with Gasteiger partial charge in [0.15, 0.2) is 5.78 Å². The highest BCUT2D eigenvalue weighted by Gasteiger charge is 2.07. The molecule has 0 aliphatic carbocycles. The van der Waals surface area contributed by atoms with Gasteiger partial charge in [-0.1, -0.05) is 31.2 Å². The number of halogens is 2. The van der Waals surface area contributed by atoms with E-state index in [1.54, 1.807) is 31.2 Å². The summed E-state index contributed by atoms with van der Waals surface area (Å²) < 4.78 is 26.3. The molecular formula is C15H12F2O. The number of carbonyl (C=O) groups excluding carboxylic acids is 1. The van der Waals surface area contributed by atoms with Crippen molar-refractivity contribution in [2.24, 2.45) is 0 Å². The van der Waals surface area contributed by atoms with Crippen molar-refractivity contribution in [1.82, 2.24) is 0 Å². The number of carbonyl (C=O) groups is 1. The van der Waals surface area contributed by atoms with Gasteiger partial charge in [0, 0.05) is 23.6 Å². The van der Waals surface area contributed by atoms with E-state index < -0.39 is 11.6 Å². The van der Waals surface area contributed by atoms with Crippen molar-refractivity contribution >= 4 is 5.78 Å². The second-order valence-electron chi connectivity index (χ2n) is 3.98. The number of Topliss-reactive ketones (excluding diaryl/α,β-unsaturated/α-hetero) is 1. The van der Waals surface area contributed by atoms with Gasteiger partial charge in [-0.25, -0.2) is 8.78 Å². The van der Waals surface area contributed by atoms with Gasteiger partial charge in [0.2, 0.25) is 0 Å². The molecule has 2 rings (SSSR count). The number of rotatable bonds is 3. The first kappa shape index (κ1) is 12.4. The SMILES string of the molecule is CCC(=O)c1ccc(-c2ccc(F)cc2F)cc1. The fraction of sp³-hybridized carbons (Fsp3) is 0.133. The molecule has 0 radical (unpaired) electrons. The molecule has 0 N–H and O–H groups in total. The summed E-state index contributed by atoms with van der Waals surface area (Å²) in [6, 6.07) is 10.1. The van der Waals surface area contributed by atoms with E-state index in [0.29, 0.717) is 23.1 Å². The van der Waals surface area contributed by atoms with E-state index in [1.807, 2.05) is 0 Å². The van der Waals surface area contributed by atoms with Crippen LogP contribution in [0, 0.1) is 11.6 Å². The molecule has 18 heavy (non-hydrogen) atoms. The van der Waals surface area contributed by atoms with Crippen molar-refractivity contribution in [2.45, 2.75) is 13.3 Å². The first-order valence-corrected chi connectivity index (χ1v) is 5.70. The predicted octanol–water partition coefficient (Wildman–Crippen LogP) is 4.22. The van der Waals surface area contributed by atoms with Crippen molar-refractivity contribution in [3.05, 3.63) is 59.7 Å². The summed E-state index contributed by atoms with van der Waals surface area (Å²) in [6.07, 6.45) is 0.435. The molecule has 0 saturated heterocycles. The van der Waals surface area contributed by atoms with Gasteiger partial charge in [-0.15, -0.1) is 0 Å². The first-order valence-electron chi connectivity index (χ1n) is 5.70. The van der Waals surface area contributed by atoms with Crippen LogP contribution in [0.4, 0.5) is 8.78 Å². The summed E-state index contributed by atoms with van der Waals surface area (Å²) in [5, 5.41) is 0. The Morgan fingerprint density at radius 1 is 1.06 bits per heavy atom. The molecule has 0 spiro atoms. The predicted molar refractivity (Wildman–Crippen MR) is 66.4 cm³/mol. The van der Waals surface area contributed by atoms with Crippen LogP contribution < -0.4 is 0 Å². The number of benzene rings is 2. The molecule has 0 aliphatic heterocycles. The lowest BCUT2D eigenvalue weighted by atomic mass is 10.0. The van der Waals surface area contributed by atoms with Crippen LogP contribution in [0.1, 0.15) is 23.7 Å². The van der Waals surface area contributed by atoms with Crippen molar-refractivity contribution < 1.29 is 13.6 Å². The van der Waals surface area contributed by atoms with E-state index in [-0.39, 0.29) is 5.78 Å². The second kappa shape index (κ2) is 5.08. The standard InChI is InChI=1S/C15H12F2O/c1-2-15(18)11-5-3-10(4-6-11)13-8-7-12(16)9-14(13)17/h3-9H,2H2,1H3. The molecule has 3 heteroatoms. The summed E-state index contributed by atoms with van der Waals surface area (Å²) in [7, 11) is 0. The average molecular weight is 246 g/mol. The molecule has 2 aromatic rings. The van der Waals surface area contributed by atoms with Gasteiger partial charge in [-0.2, -0.15) is 0 Å². The van der Waals surface area contributed by atoms with Gasteiger partial charge in [-0.05, 0) is 17.7 Å². The average Bonchev–Trinajstić information content (AvgIpc) is 2.38. The van der Waals surface area contributed by atoms with Crippen LogP contribution in [0.3, 0.4) is 0 Å². The Morgan fingerprint density at radius 2 is 1.72 bits per heavy atom. The fourth-order valence-electron chi connectivity index (χ4n) is 1.76. The molecule has 1 nitrogen and oxygen atoms in total. The van der Waals surface area contributed by atoms with Crippen LogP contribution in [0.25, 0.3) is 11.1 Å². The summed E-state index contributed by atoms with van der Waals surface area (Å²) in [4.78, 5) is 11.4. The summed E-state index contributed by atoms with van der Waals surface area (Å²) in [5.74, 6) is -1.17. The van der Waals surface area contributed by atoms with Crippen LogP contribution >= 0.6 is 0 Å². The van der Waals surface area contributed by atoms with Gasteiger partial charge < -0.3 is 0 Å². The summed E-state index contributed by atoms with van der Waals surface area (Å²) in [5.41, 5.74) is 1.55. The Morgan fingerprint density at radius 3 is 2.28 bits per heavy atom. The maximum Gasteiger partial charge on any atom is 0.162 e. The molecule has 92 valence electrons. The van der Waals surface area contributed by atoms with Crippen molar-refractivity contribution in [2.75, 3.05) is 0 Å². The maximum atomic E-state index is 13.6. The topological polar surface area (TPSA) is 17.1 Å². The molecule has 0 saturated carbocycles. The van der Waals surface area contributed by atoms with Gasteiger partial charge in [0.05, 0.1) is 0 Å². The zero-order valence-corrected chi connectivity index (χ0v) is 9.91. The van der Waals surface area contributed by atoms with Crippen molar-refractivity contribution in [1.29, 1.82) is 0 Å². The zero-order valence-electron chi connectivity index (χ0n) is 9.91. The van der Waals surface area contributed by atoms with Gasteiger partial charge in [0.25, 0.3) is 0 Å². The van der Waals surface area contributed by atoms with E-state index in [4.69, 9.17) is 0 Å². The van der Waals surface area contributed by atoms with Crippen LogP contribution in [0.5, 0.6) is 0 Å². The molecule has 0 aromatic heterocycles. The molecule has 0 amide bonds. The third kappa shape index (κ3) is 2.45. The van der Waals surface area contributed by atoms with Gasteiger partial charge in [-0.3, -0.25) is 4.79 Å². The second-order valence-corrected chi connectivity index (χ2v) is 3.98. The number of hydrogen-bond donors (Lipinski definition) is 0. The van der Waals surface area contributed by atoms with Crippen LogP contribution in [0.2, 0.25) is 0 Å². The smallest absolute Gasteiger partial charge is 0.162 e. The molecule has 2 aromatic carbocycles. The van der Waals surface area contributed by atoms with E-state index in [1.165, 1.54) is 12.1 Å². The molecule has 0 aliphatic rings. The minimum Gasteiger partial charge on any atom is -0.294 e. The summed E-state index contributed by atoms with van der Waals surface area (Å²) >= 11 is 0. The lowest BCUT2D eigenvalue weighted by Crippen LogP contribution is -1.96. The normalized spacial score (nSPS) is 10.4. The third-order valence-corrected chi connectivity index (χ3v) is 2.77. The Labute approximate surface area is 104 Å². The van der Waals surface area contributed by atoms with E-state index in [9.17, 15) is 13.6 Å². The Hall–Kier alpha value is -2.03. The summed E-state index contributed by atoms with van der Waals surface area (Å²) in [6.45, 7) is 1.79. The fourth-order valence-corrected chi connectivity index (χ4v) is 1.76. The van der Waals surface area contributed by atoms with E-state index in [0.717, 1.165) is 6.07 Å². The Bertz CT molecular complexity index is 574. The highest BCUT2D eigenvalue weighted by molar-refractivity contribution is 5.96. The lowest BCUT2D eigenvalue weighted by Gasteiger charge is -2.05. The molecule has 0 fully saturated rings. The lowest BCUT2D eigenvalue weighted by molar-refractivity contribution is 0.0988. The van der Waals surface area contributed by atoms with Crippen LogP contribution in [-0.4, -0.2) is 5.78 Å². The van der Waals surface area contributed by atoms with Crippen LogP contribution in [-0.2, 0) is 0 Å². The third-order valence-electron chi connectivity index (χ3n) is 2.77. The van der Waals surface area contributed by atoms with E-state index in [2.05, 4.69) is 0 Å². The number of ketones is 1. The Balaban J connectivity index is 2.37. The van der Waals surface area contributed by atoms with Gasteiger partial charge in [0.1, 0.15) is 11.6 Å².